The van der Waals surface area contributed by atoms with Gasteiger partial charge in [-0.2, -0.15) is 0 Å². The summed E-state index contributed by atoms with van der Waals surface area (Å²) in [5.41, 5.74) is 0. The van der Waals surface area contributed by atoms with Crippen molar-refractivity contribution in [1.82, 2.24) is 14.9 Å². The second kappa shape index (κ2) is 4.79. The van der Waals surface area contributed by atoms with Crippen molar-refractivity contribution in [3.05, 3.63) is 18.2 Å². The van der Waals surface area contributed by atoms with E-state index in [9.17, 15) is 0 Å². The molecule has 84 valence electrons. The van der Waals surface area contributed by atoms with E-state index in [1.807, 2.05) is 12.4 Å². The highest BCUT2D eigenvalue weighted by molar-refractivity contribution is 4.92. The lowest BCUT2D eigenvalue weighted by atomic mass is 9.91. The number of nitrogens with zero attached hydrogens (tertiary/aromatic N) is 2. The van der Waals surface area contributed by atoms with Gasteiger partial charge in [0.25, 0.3) is 0 Å². The number of rotatable bonds is 3. The number of aromatic nitrogens is 2. The fourth-order valence-electron chi connectivity index (χ4n) is 2.27. The first-order valence-electron chi connectivity index (χ1n) is 5.95. The Kier molecular flexibility index (Phi) is 3.41. The summed E-state index contributed by atoms with van der Waals surface area (Å²) in [6, 6.07) is 0.717. The van der Waals surface area contributed by atoms with Gasteiger partial charge in [0.15, 0.2) is 0 Å². The zero-order valence-electron chi connectivity index (χ0n) is 9.74. The Bertz CT molecular complexity index is 298. The molecule has 3 nitrogen and oxygen atoms in total. The van der Waals surface area contributed by atoms with Crippen LogP contribution < -0.4 is 5.32 Å². The third-order valence-corrected chi connectivity index (χ3v) is 3.46. The second-order valence-electron chi connectivity index (χ2n) is 4.75. The maximum absolute atomic E-state index is 4.36. The van der Waals surface area contributed by atoms with Crippen molar-refractivity contribution in [2.75, 3.05) is 6.54 Å². The van der Waals surface area contributed by atoms with Gasteiger partial charge in [0.05, 0.1) is 0 Å². The van der Waals surface area contributed by atoms with Crippen molar-refractivity contribution < 1.29 is 0 Å². The van der Waals surface area contributed by atoms with Gasteiger partial charge in [-0.25, -0.2) is 4.98 Å². The van der Waals surface area contributed by atoms with E-state index in [2.05, 4.69) is 28.8 Å². The molecule has 0 radical (unpaired) electrons. The van der Waals surface area contributed by atoms with Gasteiger partial charge in [0, 0.05) is 31.9 Å². The van der Waals surface area contributed by atoms with Gasteiger partial charge in [-0.05, 0) is 38.6 Å². The second-order valence-corrected chi connectivity index (χ2v) is 4.75. The van der Waals surface area contributed by atoms with E-state index >= 15 is 0 Å². The Morgan fingerprint density at radius 2 is 2.40 bits per heavy atom. The molecule has 2 unspecified atom stereocenters. The van der Waals surface area contributed by atoms with Crippen LogP contribution in [0, 0.1) is 5.92 Å². The first kappa shape index (κ1) is 10.7. The Hall–Kier alpha value is -0.830. The molecule has 2 rings (SSSR count). The Morgan fingerprint density at radius 3 is 3.00 bits per heavy atom. The van der Waals surface area contributed by atoms with E-state index < -0.39 is 0 Å². The van der Waals surface area contributed by atoms with E-state index in [0.29, 0.717) is 0 Å². The predicted octanol–water partition coefficient (Wildman–Crippen LogP) is 1.74. The lowest BCUT2D eigenvalue weighted by Crippen LogP contribution is -2.37. The fraction of sp³-hybridized carbons (Fsp3) is 0.750. The highest BCUT2D eigenvalue weighted by atomic mass is 15.0. The van der Waals surface area contributed by atoms with Crippen LogP contribution in [-0.4, -0.2) is 22.1 Å². The van der Waals surface area contributed by atoms with Gasteiger partial charge < -0.3 is 9.88 Å². The first-order chi connectivity index (χ1) is 7.25. The molecule has 15 heavy (non-hydrogen) atoms. The molecule has 1 aliphatic rings. The summed E-state index contributed by atoms with van der Waals surface area (Å²) in [4.78, 5) is 4.36. The van der Waals surface area contributed by atoms with Gasteiger partial charge in [-0.3, -0.25) is 0 Å². The quantitative estimate of drug-likeness (QED) is 0.818. The number of aryl methyl sites for hydroxylation is 2. The number of nitrogens with one attached hydrogen (secondary N) is 1. The summed E-state index contributed by atoms with van der Waals surface area (Å²) in [6.07, 6.45) is 8.99. The maximum Gasteiger partial charge on any atom is 0.108 e. The van der Waals surface area contributed by atoms with Crippen molar-refractivity contribution in [2.24, 2.45) is 13.0 Å². The zero-order valence-corrected chi connectivity index (χ0v) is 9.74. The van der Waals surface area contributed by atoms with E-state index in [4.69, 9.17) is 0 Å². The Morgan fingerprint density at radius 1 is 1.53 bits per heavy atom. The van der Waals surface area contributed by atoms with Crippen LogP contribution in [0.4, 0.5) is 0 Å². The van der Waals surface area contributed by atoms with Crippen LogP contribution in [0.15, 0.2) is 12.4 Å². The smallest absolute Gasteiger partial charge is 0.108 e. The normalized spacial score (nSPS) is 26.8. The van der Waals surface area contributed by atoms with Crippen LogP contribution >= 0.6 is 0 Å². The SMILES string of the molecule is CC1CCC(CCc2nccn2C)CN1. The molecular weight excluding hydrogens is 186 g/mol. The molecule has 1 aromatic rings. The molecule has 0 amide bonds. The van der Waals surface area contributed by atoms with Gasteiger partial charge in [0.2, 0.25) is 0 Å². The summed E-state index contributed by atoms with van der Waals surface area (Å²) in [6.45, 7) is 3.46. The number of hydrogen-bond acceptors (Lipinski definition) is 2. The predicted molar refractivity (Wildman–Crippen MR) is 61.7 cm³/mol. The van der Waals surface area contributed by atoms with E-state index in [-0.39, 0.29) is 0 Å². The van der Waals surface area contributed by atoms with Crippen LogP contribution in [-0.2, 0) is 13.5 Å². The van der Waals surface area contributed by atoms with Gasteiger partial charge in [-0.1, -0.05) is 0 Å². The molecule has 0 aliphatic carbocycles. The molecule has 0 bridgehead atoms. The minimum atomic E-state index is 0.717. The van der Waals surface area contributed by atoms with Crippen LogP contribution in [0.1, 0.15) is 32.0 Å². The largest absolute Gasteiger partial charge is 0.338 e. The average Bonchev–Trinajstić information content (AvgIpc) is 2.63. The van der Waals surface area contributed by atoms with E-state index in [1.54, 1.807) is 0 Å². The van der Waals surface area contributed by atoms with Crippen LogP contribution in [0.25, 0.3) is 0 Å². The third-order valence-electron chi connectivity index (χ3n) is 3.46. The Labute approximate surface area is 91.9 Å². The topological polar surface area (TPSA) is 29.9 Å². The molecule has 1 aliphatic heterocycles. The molecule has 1 saturated heterocycles. The lowest BCUT2D eigenvalue weighted by Gasteiger charge is -2.27. The summed E-state index contributed by atoms with van der Waals surface area (Å²) < 4.78 is 2.12. The zero-order chi connectivity index (χ0) is 10.7. The number of piperidine rings is 1. The number of hydrogen-bond donors (Lipinski definition) is 1. The first-order valence-corrected chi connectivity index (χ1v) is 5.95. The standard InChI is InChI=1S/C12H21N3/c1-10-3-4-11(9-14-10)5-6-12-13-7-8-15(12)2/h7-8,10-11,14H,3-6,9H2,1-2H3. The molecule has 1 N–H and O–H groups in total. The van der Waals surface area contributed by atoms with E-state index in [1.165, 1.54) is 31.6 Å². The average molecular weight is 207 g/mol. The molecular formula is C12H21N3. The summed E-state index contributed by atoms with van der Waals surface area (Å²) in [7, 11) is 2.07. The van der Waals surface area contributed by atoms with Gasteiger partial charge >= 0.3 is 0 Å². The van der Waals surface area contributed by atoms with E-state index in [0.717, 1.165) is 18.4 Å². The minimum absolute atomic E-state index is 0.717. The molecule has 2 atom stereocenters. The van der Waals surface area contributed by atoms with Gasteiger partial charge in [0.1, 0.15) is 5.82 Å². The molecule has 3 heteroatoms. The van der Waals surface area contributed by atoms with Crippen molar-refractivity contribution >= 4 is 0 Å². The molecule has 0 saturated carbocycles. The van der Waals surface area contributed by atoms with Crippen molar-refractivity contribution in [3.63, 3.8) is 0 Å². The summed E-state index contributed by atoms with van der Waals surface area (Å²) in [5.74, 6) is 2.06. The Balaban J connectivity index is 1.77. The maximum atomic E-state index is 4.36. The molecule has 1 fully saturated rings. The van der Waals surface area contributed by atoms with Crippen LogP contribution in [0.5, 0.6) is 0 Å². The summed E-state index contributed by atoms with van der Waals surface area (Å²) in [5, 5.41) is 3.55. The van der Waals surface area contributed by atoms with Crippen LogP contribution in [0.2, 0.25) is 0 Å². The molecule has 1 aromatic heterocycles. The van der Waals surface area contributed by atoms with Crippen LogP contribution in [0.3, 0.4) is 0 Å². The van der Waals surface area contributed by atoms with Crippen molar-refractivity contribution in [2.45, 2.75) is 38.6 Å². The summed E-state index contributed by atoms with van der Waals surface area (Å²) >= 11 is 0. The monoisotopic (exact) mass is 207 g/mol. The third kappa shape index (κ3) is 2.81. The highest BCUT2D eigenvalue weighted by Gasteiger charge is 2.17. The number of imidazole rings is 1. The van der Waals surface area contributed by atoms with Crippen molar-refractivity contribution in [1.29, 1.82) is 0 Å². The lowest BCUT2D eigenvalue weighted by molar-refractivity contribution is 0.307. The highest BCUT2D eigenvalue weighted by Crippen LogP contribution is 2.18. The van der Waals surface area contributed by atoms with Gasteiger partial charge in [-0.15, -0.1) is 0 Å². The fourth-order valence-corrected chi connectivity index (χ4v) is 2.27. The molecule has 2 heterocycles. The minimum Gasteiger partial charge on any atom is -0.338 e. The van der Waals surface area contributed by atoms with Crippen molar-refractivity contribution in [3.8, 4) is 0 Å². The molecule has 0 aromatic carbocycles. The molecule has 0 spiro atoms.